The van der Waals surface area contributed by atoms with Crippen LogP contribution in [0.2, 0.25) is 0 Å². The number of rotatable bonds is 4. The Hall–Kier alpha value is -3.29. The zero-order chi connectivity index (χ0) is 21.2. The summed E-state index contributed by atoms with van der Waals surface area (Å²) >= 11 is 0. The molecule has 0 spiro atoms. The highest BCUT2D eigenvalue weighted by Crippen LogP contribution is 2.24. The number of hydrogen-bond acceptors (Lipinski definition) is 6. The molecule has 0 bridgehead atoms. The summed E-state index contributed by atoms with van der Waals surface area (Å²) in [5.74, 6) is 0.261. The number of amides is 1. The van der Waals surface area contributed by atoms with Gasteiger partial charge in [-0.05, 0) is 51.5 Å². The SMILES string of the molecule is CC(c1nc(-c2ccc(-c3cccc(F)c3)cn2)no1)N(C)C(=O)OC(C)(C)C. The van der Waals surface area contributed by atoms with Crippen LogP contribution in [0.3, 0.4) is 0 Å². The first-order valence-corrected chi connectivity index (χ1v) is 9.16. The summed E-state index contributed by atoms with van der Waals surface area (Å²) < 4.78 is 24.1. The minimum atomic E-state index is -0.599. The maximum absolute atomic E-state index is 13.4. The van der Waals surface area contributed by atoms with Crippen LogP contribution in [0.1, 0.15) is 39.6 Å². The van der Waals surface area contributed by atoms with E-state index in [1.807, 2.05) is 6.07 Å². The number of hydrogen-bond donors (Lipinski definition) is 0. The van der Waals surface area contributed by atoms with Gasteiger partial charge in [-0.2, -0.15) is 4.98 Å². The van der Waals surface area contributed by atoms with Gasteiger partial charge in [0.25, 0.3) is 0 Å². The van der Waals surface area contributed by atoms with E-state index in [0.717, 1.165) is 11.1 Å². The van der Waals surface area contributed by atoms with Crippen molar-refractivity contribution >= 4 is 6.09 Å². The Kier molecular flexibility index (Phi) is 5.63. The van der Waals surface area contributed by atoms with Gasteiger partial charge in [0.05, 0.1) is 0 Å². The molecule has 0 fully saturated rings. The standard InChI is InChI=1S/C21H23FN4O3/c1-13(26(5)20(27)28-21(2,3)4)19-24-18(25-29-19)17-10-9-15(12-23-17)14-7-6-8-16(22)11-14/h6-13H,1-5H3. The van der Waals surface area contributed by atoms with Gasteiger partial charge in [0.1, 0.15) is 23.2 Å². The fourth-order valence-corrected chi connectivity index (χ4v) is 2.53. The van der Waals surface area contributed by atoms with Crippen LogP contribution >= 0.6 is 0 Å². The lowest BCUT2D eigenvalue weighted by atomic mass is 10.1. The van der Waals surface area contributed by atoms with Gasteiger partial charge in [0.2, 0.25) is 11.7 Å². The van der Waals surface area contributed by atoms with E-state index in [-0.39, 0.29) is 11.7 Å². The third-order valence-corrected chi connectivity index (χ3v) is 4.21. The molecule has 8 heteroatoms. The van der Waals surface area contributed by atoms with Crippen molar-refractivity contribution < 1.29 is 18.4 Å². The molecule has 0 aliphatic carbocycles. The minimum Gasteiger partial charge on any atom is -0.444 e. The van der Waals surface area contributed by atoms with Crippen LogP contribution in [0.25, 0.3) is 22.6 Å². The zero-order valence-corrected chi connectivity index (χ0v) is 17.0. The summed E-state index contributed by atoms with van der Waals surface area (Å²) in [6.45, 7) is 7.16. The summed E-state index contributed by atoms with van der Waals surface area (Å²) in [4.78, 5) is 22.3. The molecule has 152 valence electrons. The lowest BCUT2D eigenvalue weighted by Crippen LogP contribution is -2.35. The summed E-state index contributed by atoms with van der Waals surface area (Å²) in [7, 11) is 1.61. The summed E-state index contributed by atoms with van der Waals surface area (Å²) in [6, 6.07) is 9.35. The summed E-state index contributed by atoms with van der Waals surface area (Å²) in [5.41, 5.74) is 1.41. The van der Waals surface area contributed by atoms with Crippen LogP contribution in [0, 0.1) is 5.82 Å². The molecular weight excluding hydrogens is 375 g/mol. The molecular formula is C21H23FN4O3. The van der Waals surface area contributed by atoms with Gasteiger partial charge in [-0.3, -0.25) is 9.88 Å². The second-order valence-corrected chi connectivity index (χ2v) is 7.67. The third kappa shape index (κ3) is 4.96. The van der Waals surface area contributed by atoms with E-state index in [4.69, 9.17) is 9.26 Å². The van der Waals surface area contributed by atoms with Crippen molar-refractivity contribution in [2.24, 2.45) is 0 Å². The van der Waals surface area contributed by atoms with E-state index in [2.05, 4.69) is 15.1 Å². The lowest BCUT2D eigenvalue weighted by Gasteiger charge is -2.26. The van der Waals surface area contributed by atoms with Gasteiger partial charge in [-0.1, -0.05) is 23.4 Å². The molecule has 29 heavy (non-hydrogen) atoms. The van der Waals surface area contributed by atoms with Crippen LogP contribution in [-0.2, 0) is 4.74 Å². The molecule has 0 saturated carbocycles. The topological polar surface area (TPSA) is 81.4 Å². The number of carbonyl (C=O) groups is 1. The first-order chi connectivity index (χ1) is 13.6. The van der Waals surface area contributed by atoms with Gasteiger partial charge in [0.15, 0.2) is 0 Å². The number of aromatic nitrogens is 3. The Morgan fingerprint density at radius 2 is 1.97 bits per heavy atom. The molecule has 1 unspecified atom stereocenters. The maximum atomic E-state index is 13.4. The monoisotopic (exact) mass is 398 g/mol. The molecule has 0 aliphatic heterocycles. The van der Waals surface area contributed by atoms with Crippen molar-refractivity contribution in [2.45, 2.75) is 39.3 Å². The van der Waals surface area contributed by atoms with Crippen LogP contribution in [0.15, 0.2) is 47.1 Å². The van der Waals surface area contributed by atoms with Crippen molar-refractivity contribution in [3.05, 3.63) is 54.3 Å². The summed E-state index contributed by atoms with van der Waals surface area (Å²) in [6.07, 6.45) is 1.14. The predicted molar refractivity (Wildman–Crippen MR) is 105 cm³/mol. The van der Waals surface area contributed by atoms with Gasteiger partial charge in [-0.25, -0.2) is 9.18 Å². The smallest absolute Gasteiger partial charge is 0.410 e. The number of halogens is 1. The quantitative estimate of drug-likeness (QED) is 0.624. The number of pyridine rings is 1. The number of nitrogens with zero attached hydrogens (tertiary/aromatic N) is 4. The molecule has 1 aromatic carbocycles. The highest BCUT2D eigenvalue weighted by atomic mass is 19.1. The second kappa shape index (κ2) is 7.98. The molecule has 2 aromatic heterocycles. The molecule has 0 saturated heterocycles. The minimum absolute atomic E-state index is 0.268. The van der Waals surface area contributed by atoms with Crippen LogP contribution in [0.4, 0.5) is 9.18 Å². The molecule has 1 atom stereocenters. The van der Waals surface area contributed by atoms with E-state index >= 15 is 0 Å². The van der Waals surface area contributed by atoms with Crippen molar-refractivity contribution in [3.8, 4) is 22.6 Å². The Morgan fingerprint density at radius 1 is 1.21 bits per heavy atom. The second-order valence-electron chi connectivity index (χ2n) is 7.67. The molecule has 3 rings (SSSR count). The molecule has 0 N–H and O–H groups in total. The van der Waals surface area contributed by atoms with Crippen molar-refractivity contribution in [2.75, 3.05) is 7.05 Å². The van der Waals surface area contributed by atoms with Gasteiger partial charge < -0.3 is 9.26 Å². The van der Waals surface area contributed by atoms with Crippen molar-refractivity contribution in [1.29, 1.82) is 0 Å². The van der Waals surface area contributed by atoms with E-state index in [1.54, 1.807) is 59.1 Å². The Morgan fingerprint density at radius 3 is 2.59 bits per heavy atom. The number of ether oxygens (including phenoxy) is 1. The van der Waals surface area contributed by atoms with Crippen LogP contribution in [0.5, 0.6) is 0 Å². The molecule has 0 aliphatic rings. The third-order valence-electron chi connectivity index (χ3n) is 4.21. The first-order valence-electron chi connectivity index (χ1n) is 9.16. The van der Waals surface area contributed by atoms with E-state index < -0.39 is 17.7 Å². The fraction of sp³-hybridized carbons (Fsp3) is 0.333. The first kappa shape index (κ1) is 20.4. The van der Waals surface area contributed by atoms with Gasteiger partial charge in [0, 0.05) is 18.8 Å². The predicted octanol–water partition coefficient (Wildman–Crippen LogP) is 4.87. The van der Waals surface area contributed by atoms with Crippen LogP contribution < -0.4 is 0 Å². The molecule has 0 radical (unpaired) electrons. The van der Waals surface area contributed by atoms with Crippen LogP contribution in [-0.4, -0.2) is 38.8 Å². The molecule has 3 aromatic rings. The fourth-order valence-electron chi connectivity index (χ4n) is 2.53. The van der Waals surface area contributed by atoms with E-state index in [0.29, 0.717) is 11.5 Å². The van der Waals surface area contributed by atoms with Gasteiger partial charge >= 0.3 is 6.09 Å². The molecule has 1 amide bonds. The number of carbonyl (C=O) groups excluding carboxylic acids is 1. The Labute approximate surface area is 168 Å². The number of benzene rings is 1. The van der Waals surface area contributed by atoms with Crippen molar-refractivity contribution in [3.63, 3.8) is 0 Å². The van der Waals surface area contributed by atoms with Gasteiger partial charge in [-0.15, -0.1) is 0 Å². The van der Waals surface area contributed by atoms with Crippen molar-refractivity contribution in [1.82, 2.24) is 20.0 Å². The average molecular weight is 398 g/mol. The Balaban J connectivity index is 1.75. The molecule has 2 heterocycles. The highest BCUT2D eigenvalue weighted by molar-refractivity contribution is 5.68. The largest absolute Gasteiger partial charge is 0.444 e. The average Bonchev–Trinajstić information content (AvgIpc) is 3.16. The normalized spacial score (nSPS) is 12.5. The summed E-state index contributed by atoms with van der Waals surface area (Å²) in [5, 5.41) is 3.95. The maximum Gasteiger partial charge on any atom is 0.410 e. The molecule has 7 nitrogen and oxygen atoms in total. The lowest BCUT2D eigenvalue weighted by molar-refractivity contribution is 0.0208. The zero-order valence-electron chi connectivity index (χ0n) is 17.0. The van der Waals surface area contributed by atoms with E-state index in [9.17, 15) is 9.18 Å². The van der Waals surface area contributed by atoms with E-state index in [1.165, 1.54) is 17.0 Å². The Bertz CT molecular complexity index is 996. The highest BCUT2D eigenvalue weighted by Gasteiger charge is 2.27.